The first-order valence-corrected chi connectivity index (χ1v) is 7.58. The highest BCUT2D eigenvalue weighted by molar-refractivity contribution is 9.10. The van der Waals surface area contributed by atoms with Crippen LogP contribution in [0.2, 0.25) is 0 Å². The maximum absolute atomic E-state index is 12.2. The Hall–Kier alpha value is -1.88. The van der Waals surface area contributed by atoms with Crippen molar-refractivity contribution < 1.29 is 4.79 Å². The molecule has 0 aliphatic carbocycles. The van der Waals surface area contributed by atoms with Crippen LogP contribution in [0, 0.1) is 0 Å². The van der Waals surface area contributed by atoms with Gasteiger partial charge in [0.15, 0.2) is 0 Å². The summed E-state index contributed by atoms with van der Waals surface area (Å²) in [6.07, 6.45) is 2.57. The van der Waals surface area contributed by atoms with Gasteiger partial charge in [0.25, 0.3) is 5.56 Å². The summed E-state index contributed by atoms with van der Waals surface area (Å²) >= 11 is 3.31. The Bertz CT molecular complexity index is 692. The molecule has 1 atom stereocenters. The molecule has 1 amide bonds. The van der Waals surface area contributed by atoms with Gasteiger partial charge in [-0.3, -0.25) is 9.59 Å². The molecule has 0 spiro atoms. The maximum atomic E-state index is 12.2. The van der Waals surface area contributed by atoms with Crippen LogP contribution in [0.5, 0.6) is 0 Å². The number of amides is 1. The summed E-state index contributed by atoms with van der Waals surface area (Å²) in [5, 5.41) is 2.82. The third-order valence-corrected chi connectivity index (χ3v) is 3.80. The lowest BCUT2D eigenvalue weighted by atomic mass is 10.1. The molecular formula is C16H17BrN2O2. The Morgan fingerprint density at radius 3 is 2.52 bits per heavy atom. The molecule has 2 aromatic rings. The van der Waals surface area contributed by atoms with Crippen molar-refractivity contribution in [1.29, 1.82) is 0 Å². The number of nitrogens with zero attached hydrogens (tertiary/aromatic N) is 1. The molecule has 1 unspecified atom stereocenters. The quantitative estimate of drug-likeness (QED) is 0.920. The Balaban J connectivity index is 2.15. The Kier molecular flexibility index (Phi) is 4.96. The number of hydrogen-bond acceptors (Lipinski definition) is 2. The van der Waals surface area contributed by atoms with E-state index >= 15 is 0 Å². The molecule has 0 aliphatic heterocycles. The minimum absolute atomic E-state index is 0.206. The SMILES string of the molecule is CCc1ccc(NC(=O)C(C)n2cc(Br)ccc2=O)cc1. The summed E-state index contributed by atoms with van der Waals surface area (Å²) in [7, 11) is 0. The first kappa shape index (κ1) is 15.5. The van der Waals surface area contributed by atoms with Gasteiger partial charge >= 0.3 is 0 Å². The van der Waals surface area contributed by atoms with Crippen LogP contribution in [0.1, 0.15) is 25.5 Å². The van der Waals surface area contributed by atoms with Crippen LogP contribution < -0.4 is 10.9 Å². The molecule has 0 fully saturated rings. The molecule has 1 aromatic heterocycles. The van der Waals surface area contributed by atoms with E-state index in [2.05, 4.69) is 28.2 Å². The van der Waals surface area contributed by atoms with Crippen LogP contribution in [-0.2, 0) is 11.2 Å². The number of aryl methyl sites for hydroxylation is 1. The highest BCUT2D eigenvalue weighted by Gasteiger charge is 2.16. The number of halogens is 1. The number of carbonyl (C=O) groups is 1. The zero-order chi connectivity index (χ0) is 15.4. The summed E-state index contributed by atoms with van der Waals surface area (Å²) in [6, 6.07) is 10.2. The summed E-state index contributed by atoms with van der Waals surface area (Å²) in [5.74, 6) is -0.223. The highest BCUT2D eigenvalue weighted by atomic mass is 79.9. The Labute approximate surface area is 131 Å². The Morgan fingerprint density at radius 2 is 1.90 bits per heavy atom. The number of benzene rings is 1. The maximum Gasteiger partial charge on any atom is 0.251 e. The van der Waals surface area contributed by atoms with Crippen molar-refractivity contribution in [2.45, 2.75) is 26.3 Å². The highest BCUT2D eigenvalue weighted by Crippen LogP contribution is 2.14. The lowest BCUT2D eigenvalue weighted by molar-refractivity contribution is -0.118. The fourth-order valence-electron chi connectivity index (χ4n) is 1.98. The minimum Gasteiger partial charge on any atom is -0.324 e. The standard InChI is InChI=1S/C16H17BrN2O2/c1-3-12-4-7-14(8-5-12)18-16(21)11(2)19-10-13(17)6-9-15(19)20/h4-11H,3H2,1-2H3,(H,18,21). The van der Waals surface area contributed by atoms with Gasteiger partial charge < -0.3 is 9.88 Å². The van der Waals surface area contributed by atoms with Crippen molar-refractivity contribution in [1.82, 2.24) is 4.57 Å². The lowest BCUT2D eigenvalue weighted by Gasteiger charge is -2.15. The van der Waals surface area contributed by atoms with E-state index in [4.69, 9.17) is 0 Å². The predicted molar refractivity (Wildman–Crippen MR) is 87.6 cm³/mol. The third-order valence-electron chi connectivity index (χ3n) is 3.33. The first-order valence-electron chi connectivity index (χ1n) is 6.78. The number of carbonyl (C=O) groups excluding carboxylic acids is 1. The van der Waals surface area contributed by atoms with Gasteiger partial charge in [0.2, 0.25) is 5.91 Å². The van der Waals surface area contributed by atoms with Crippen LogP contribution in [0.3, 0.4) is 0 Å². The molecule has 1 aromatic carbocycles. The zero-order valence-electron chi connectivity index (χ0n) is 12.0. The summed E-state index contributed by atoms with van der Waals surface area (Å²) in [4.78, 5) is 24.1. The van der Waals surface area contributed by atoms with Crippen LogP contribution in [0.25, 0.3) is 0 Å². The minimum atomic E-state index is -0.583. The molecule has 0 saturated heterocycles. The third kappa shape index (κ3) is 3.82. The van der Waals surface area contributed by atoms with E-state index in [0.29, 0.717) is 0 Å². The van der Waals surface area contributed by atoms with E-state index < -0.39 is 6.04 Å². The average Bonchev–Trinajstić information content (AvgIpc) is 2.49. The van der Waals surface area contributed by atoms with Gasteiger partial charge in [-0.15, -0.1) is 0 Å². The normalized spacial score (nSPS) is 12.0. The second-order valence-corrected chi connectivity index (χ2v) is 5.72. The van der Waals surface area contributed by atoms with E-state index in [1.807, 2.05) is 24.3 Å². The van der Waals surface area contributed by atoms with Gasteiger partial charge in [-0.1, -0.05) is 19.1 Å². The number of pyridine rings is 1. The van der Waals surface area contributed by atoms with Crippen LogP contribution >= 0.6 is 15.9 Å². The van der Waals surface area contributed by atoms with Crippen molar-refractivity contribution in [3.63, 3.8) is 0 Å². The number of aromatic nitrogens is 1. The van der Waals surface area contributed by atoms with Gasteiger partial charge in [-0.05, 0) is 53.0 Å². The second-order valence-electron chi connectivity index (χ2n) is 4.81. The number of nitrogens with one attached hydrogen (secondary N) is 1. The van der Waals surface area contributed by atoms with Crippen molar-refractivity contribution in [3.8, 4) is 0 Å². The number of anilines is 1. The molecule has 0 aliphatic rings. The summed E-state index contributed by atoms with van der Waals surface area (Å²) in [6.45, 7) is 3.78. The Morgan fingerprint density at radius 1 is 1.24 bits per heavy atom. The van der Waals surface area contributed by atoms with Crippen LogP contribution in [-0.4, -0.2) is 10.5 Å². The average molecular weight is 349 g/mol. The molecular weight excluding hydrogens is 332 g/mol. The fraction of sp³-hybridized carbons (Fsp3) is 0.250. The topological polar surface area (TPSA) is 51.1 Å². The van der Waals surface area contributed by atoms with Crippen LogP contribution in [0.4, 0.5) is 5.69 Å². The molecule has 21 heavy (non-hydrogen) atoms. The smallest absolute Gasteiger partial charge is 0.251 e. The van der Waals surface area contributed by atoms with E-state index in [1.165, 1.54) is 16.2 Å². The van der Waals surface area contributed by atoms with E-state index in [0.717, 1.165) is 16.6 Å². The second kappa shape index (κ2) is 6.72. The van der Waals surface area contributed by atoms with E-state index in [9.17, 15) is 9.59 Å². The summed E-state index contributed by atoms with van der Waals surface area (Å²) < 4.78 is 2.16. The summed E-state index contributed by atoms with van der Waals surface area (Å²) in [5.41, 5.74) is 1.73. The number of hydrogen-bond donors (Lipinski definition) is 1. The van der Waals surface area contributed by atoms with Gasteiger partial charge in [0, 0.05) is 22.4 Å². The van der Waals surface area contributed by atoms with Gasteiger partial charge in [0.05, 0.1) is 0 Å². The molecule has 0 bridgehead atoms. The van der Waals surface area contributed by atoms with E-state index in [-0.39, 0.29) is 11.5 Å². The fourth-order valence-corrected chi connectivity index (χ4v) is 2.33. The molecule has 110 valence electrons. The van der Waals surface area contributed by atoms with Crippen molar-refractivity contribution in [2.24, 2.45) is 0 Å². The molecule has 0 radical (unpaired) electrons. The first-order chi connectivity index (χ1) is 10.0. The number of rotatable bonds is 4. The molecule has 5 heteroatoms. The molecule has 1 N–H and O–H groups in total. The monoisotopic (exact) mass is 348 g/mol. The molecule has 2 rings (SSSR count). The van der Waals surface area contributed by atoms with Gasteiger partial charge in [0.1, 0.15) is 6.04 Å². The van der Waals surface area contributed by atoms with Crippen molar-refractivity contribution in [2.75, 3.05) is 5.32 Å². The molecule has 1 heterocycles. The predicted octanol–water partition coefficient (Wildman–Crippen LogP) is 3.37. The van der Waals surface area contributed by atoms with E-state index in [1.54, 1.807) is 19.2 Å². The van der Waals surface area contributed by atoms with Gasteiger partial charge in [-0.25, -0.2) is 0 Å². The largest absolute Gasteiger partial charge is 0.324 e. The van der Waals surface area contributed by atoms with Crippen molar-refractivity contribution in [3.05, 3.63) is 63.0 Å². The molecule has 0 saturated carbocycles. The lowest BCUT2D eigenvalue weighted by Crippen LogP contribution is -2.30. The van der Waals surface area contributed by atoms with Crippen LogP contribution in [0.15, 0.2) is 51.9 Å². The zero-order valence-corrected chi connectivity index (χ0v) is 13.6. The van der Waals surface area contributed by atoms with Crippen molar-refractivity contribution >= 4 is 27.5 Å². The molecule has 4 nitrogen and oxygen atoms in total. The van der Waals surface area contributed by atoms with Gasteiger partial charge in [-0.2, -0.15) is 0 Å².